The number of anilines is 1. The minimum Gasteiger partial charge on any atom is -0.304 e. The van der Waals surface area contributed by atoms with Crippen LogP contribution in [0.4, 0.5) is 11.5 Å². The largest absolute Gasteiger partial charge is 0.311 e. The van der Waals surface area contributed by atoms with E-state index in [-0.39, 0.29) is 28.3 Å². The average Bonchev–Trinajstić information content (AvgIpc) is 2.46. The normalized spacial score (nSPS) is 10.1. The lowest BCUT2D eigenvalue weighted by atomic mass is 10.4. The zero-order valence-corrected chi connectivity index (χ0v) is 12.2. The molecule has 0 fully saturated rings. The molecule has 1 amide bonds. The van der Waals surface area contributed by atoms with Crippen molar-refractivity contribution < 1.29 is 9.72 Å². The van der Waals surface area contributed by atoms with E-state index in [0.29, 0.717) is 0 Å². The molecule has 0 aliphatic carbocycles. The molecule has 1 N–H and O–H groups in total. The van der Waals surface area contributed by atoms with Gasteiger partial charge < -0.3 is 5.32 Å². The van der Waals surface area contributed by atoms with Crippen molar-refractivity contribution in [2.45, 2.75) is 4.90 Å². The van der Waals surface area contributed by atoms with Gasteiger partial charge in [-0.2, -0.15) is 0 Å². The first-order valence-corrected chi connectivity index (χ1v) is 7.21. The summed E-state index contributed by atoms with van der Waals surface area (Å²) in [5.41, 5.74) is -0.294. The van der Waals surface area contributed by atoms with E-state index in [1.807, 2.05) is 30.3 Å². The molecule has 1 aromatic carbocycles. The summed E-state index contributed by atoms with van der Waals surface area (Å²) >= 11 is 7.01. The topological polar surface area (TPSA) is 85.1 Å². The number of nitrogens with zero attached hydrogens (tertiary/aromatic N) is 2. The second kappa shape index (κ2) is 7.05. The van der Waals surface area contributed by atoms with Crippen LogP contribution >= 0.6 is 23.4 Å². The number of amides is 1. The van der Waals surface area contributed by atoms with Crippen LogP contribution in [0.1, 0.15) is 0 Å². The van der Waals surface area contributed by atoms with Gasteiger partial charge in [0.25, 0.3) is 0 Å². The number of nitro groups is 1. The van der Waals surface area contributed by atoms with Crippen LogP contribution < -0.4 is 5.32 Å². The fraction of sp³-hybridized carbons (Fsp3) is 0.0769. The molecule has 0 aliphatic rings. The number of nitrogens with one attached hydrogen (secondary N) is 1. The third-order valence-electron chi connectivity index (χ3n) is 2.41. The van der Waals surface area contributed by atoms with Gasteiger partial charge in [-0.1, -0.05) is 29.8 Å². The van der Waals surface area contributed by atoms with Crippen LogP contribution in [0.25, 0.3) is 0 Å². The van der Waals surface area contributed by atoms with Crippen molar-refractivity contribution in [3.63, 3.8) is 0 Å². The van der Waals surface area contributed by atoms with Gasteiger partial charge in [-0.05, 0) is 18.2 Å². The van der Waals surface area contributed by atoms with E-state index in [9.17, 15) is 14.9 Å². The van der Waals surface area contributed by atoms with Crippen molar-refractivity contribution in [2.24, 2.45) is 0 Å². The van der Waals surface area contributed by atoms with Gasteiger partial charge in [-0.3, -0.25) is 14.9 Å². The smallest absolute Gasteiger partial charge is 0.304 e. The lowest BCUT2D eigenvalue weighted by molar-refractivity contribution is -0.384. The number of hydrogen-bond donors (Lipinski definition) is 1. The highest BCUT2D eigenvalue weighted by Crippen LogP contribution is 2.24. The molecule has 0 saturated heterocycles. The number of aromatic nitrogens is 1. The van der Waals surface area contributed by atoms with Gasteiger partial charge >= 0.3 is 5.69 Å². The minimum absolute atomic E-state index is 0.0756. The molecule has 2 aromatic rings. The van der Waals surface area contributed by atoms with Crippen LogP contribution in [0.2, 0.25) is 5.15 Å². The SMILES string of the molecule is O=C(CSc1ccccc1)Nc1nc(Cl)ccc1[N+](=O)[O-]. The van der Waals surface area contributed by atoms with Crippen LogP contribution in [0.3, 0.4) is 0 Å². The molecule has 1 heterocycles. The molecule has 21 heavy (non-hydrogen) atoms. The summed E-state index contributed by atoms with van der Waals surface area (Å²) in [5, 5.41) is 13.3. The fourth-order valence-electron chi connectivity index (χ4n) is 1.50. The van der Waals surface area contributed by atoms with Gasteiger partial charge in [0.15, 0.2) is 0 Å². The molecular formula is C13H10ClN3O3S. The third kappa shape index (κ3) is 4.44. The summed E-state index contributed by atoms with van der Waals surface area (Å²) < 4.78 is 0. The zero-order chi connectivity index (χ0) is 15.2. The Balaban J connectivity index is 2.02. The van der Waals surface area contributed by atoms with E-state index in [1.165, 1.54) is 23.9 Å². The van der Waals surface area contributed by atoms with Gasteiger partial charge in [0.1, 0.15) is 5.15 Å². The summed E-state index contributed by atoms with van der Waals surface area (Å²) in [6.07, 6.45) is 0. The van der Waals surface area contributed by atoms with Crippen molar-refractivity contribution in [1.29, 1.82) is 0 Å². The summed E-state index contributed by atoms with van der Waals surface area (Å²) in [6.45, 7) is 0. The number of pyridine rings is 1. The summed E-state index contributed by atoms with van der Waals surface area (Å²) in [4.78, 5) is 26.8. The number of carbonyl (C=O) groups excluding carboxylic acids is 1. The predicted molar refractivity (Wildman–Crippen MR) is 81.7 cm³/mol. The maximum Gasteiger partial charge on any atom is 0.311 e. The van der Waals surface area contributed by atoms with E-state index >= 15 is 0 Å². The van der Waals surface area contributed by atoms with E-state index < -0.39 is 4.92 Å². The van der Waals surface area contributed by atoms with Gasteiger partial charge in [0.2, 0.25) is 11.7 Å². The van der Waals surface area contributed by atoms with Gasteiger partial charge in [0.05, 0.1) is 10.7 Å². The quantitative estimate of drug-likeness (QED) is 0.394. The average molecular weight is 324 g/mol. The number of hydrogen-bond acceptors (Lipinski definition) is 5. The Morgan fingerprint density at radius 1 is 1.29 bits per heavy atom. The van der Waals surface area contributed by atoms with Crippen LogP contribution in [0.5, 0.6) is 0 Å². The minimum atomic E-state index is -0.622. The molecule has 0 atom stereocenters. The molecule has 0 spiro atoms. The molecule has 2 rings (SSSR count). The highest BCUT2D eigenvalue weighted by molar-refractivity contribution is 8.00. The van der Waals surface area contributed by atoms with E-state index in [1.54, 1.807) is 0 Å². The highest BCUT2D eigenvalue weighted by atomic mass is 35.5. The lowest BCUT2D eigenvalue weighted by Gasteiger charge is -2.05. The summed E-state index contributed by atoms with van der Waals surface area (Å²) in [7, 11) is 0. The number of rotatable bonds is 5. The van der Waals surface area contributed by atoms with Crippen molar-refractivity contribution in [3.8, 4) is 0 Å². The molecular weight excluding hydrogens is 314 g/mol. The van der Waals surface area contributed by atoms with E-state index in [4.69, 9.17) is 11.6 Å². The molecule has 6 nitrogen and oxygen atoms in total. The Morgan fingerprint density at radius 2 is 2.00 bits per heavy atom. The van der Waals surface area contributed by atoms with Crippen LogP contribution in [0.15, 0.2) is 47.4 Å². The second-order valence-electron chi connectivity index (χ2n) is 3.91. The van der Waals surface area contributed by atoms with Crippen molar-refractivity contribution in [1.82, 2.24) is 4.98 Å². The molecule has 0 aliphatic heterocycles. The summed E-state index contributed by atoms with van der Waals surface area (Å²) in [6, 6.07) is 11.9. The zero-order valence-electron chi connectivity index (χ0n) is 10.7. The highest BCUT2D eigenvalue weighted by Gasteiger charge is 2.17. The van der Waals surface area contributed by atoms with Crippen molar-refractivity contribution in [3.05, 3.63) is 57.7 Å². The molecule has 0 bridgehead atoms. The molecule has 1 aromatic heterocycles. The molecule has 0 saturated carbocycles. The third-order valence-corrected chi connectivity index (χ3v) is 3.63. The van der Waals surface area contributed by atoms with Crippen molar-refractivity contribution in [2.75, 3.05) is 11.1 Å². The Bertz CT molecular complexity index is 667. The standard InChI is InChI=1S/C13H10ClN3O3S/c14-11-7-6-10(17(19)20)13(15-11)16-12(18)8-21-9-4-2-1-3-5-9/h1-7H,8H2,(H,15,16,18). The van der Waals surface area contributed by atoms with Crippen LogP contribution in [0, 0.1) is 10.1 Å². The summed E-state index contributed by atoms with van der Waals surface area (Å²) in [5.74, 6) is -0.414. The Hall–Kier alpha value is -2.12. The Morgan fingerprint density at radius 3 is 2.67 bits per heavy atom. The van der Waals surface area contributed by atoms with E-state index in [2.05, 4.69) is 10.3 Å². The molecule has 108 valence electrons. The number of halogens is 1. The number of thioether (sulfide) groups is 1. The fourth-order valence-corrected chi connectivity index (χ4v) is 2.37. The van der Waals surface area contributed by atoms with Crippen molar-refractivity contribution >= 4 is 40.8 Å². The number of benzene rings is 1. The Labute approximate surface area is 129 Å². The van der Waals surface area contributed by atoms with Gasteiger partial charge in [-0.15, -0.1) is 11.8 Å². The van der Waals surface area contributed by atoms with Crippen LogP contribution in [-0.2, 0) is 4.79 Å². The lowest BCUT2D eigenvalue weighted by Crippen LogP contribution is -2.16. The predicted octanol–water partition coefficient (Wildman–Crippen LogP) is 3.37. The number of carbonyl (C=O) groups is 1. The molecule has 0 unspecified atom stereocenters. The van der Waals surface area contributed by atoms with Crippen LogP contribution in [-0.4, -0.2) is 21.6 Å². The molecule has 0 radical (unpaired) electrons. The first kappa shape index (κ1) is 15.3. The van der Waals surface area contributed by atoms with Gasteiger partial charge in [0, 0.05) is 11.0 Å². The maximum atomic E-state index is 11.8. The Kier molecular flexibility index (Phi) is 5.13. The first-order chi connectivity index (χ1) is 10.1. The molecule has 8 heteroatoms. The van der Waals surface area contributed by atoms with E-state index in [0.717, 1.165) is 4.90 Å². The monoisotopic (exact) mass is 323 g/mol. The second-order valence-corrected chi connectivity index (χ2v) is 5.34. The first-order valence-electron chi connectivity index (χ1n) is 5.85. The maximum absolute atomic E-state index is 11.8. The van der Waals surface area contributed by atoms with Gasteiger partial charge in [-0.25, -0.2) is 4.98 Å².